The predicted octanol–water partition coefficient (Wildman–Crippen LogP) is 1.97. The Morgan fingerprint density at radius 2 is 1.84 bits per heavy atom. The van der Waals surface area contributed by atoms with Crippen LogP contribution in [0.25, 0.3) is 11.0 Å². The fourth-order valence-electron chi connectivity index (χ4n) is 5.08. The molecule has 3 aromatic rings. The summed E-state index contributed by atoms with van der Waals surface area (Å²) in [6, 6.07) is 9.91. The van der Waals surface area contributed by atoms with Crippen LogP contribution < -0.4 is 10.2 Å². The van der Waals surface area contributed by atoms with Crippen LogP contribution in [0.1, 0.15) is 34.8 Å². The van der Waals surface area contributed by atoms with E-state index in [-0.39, 0.29) is 35.2 Å². The van der Waals surface area contributed by atoms with Crippen LogP contribution in [0.3, 0.4) is 0 Å². The molecule has 1 aliphatic carbocycles. The maximum atomic E-state index is 13.3. The summed E-state index contributed by atoms with van der Waals surface area (Å²) in [5, 5.41) is 8.86. The highest BCUT2D eigenvalue weighted by Gasteiger charge is 2.40. The average Bonchev–Trinajstić information content (AvgIpc) is 3.21. The van der Waals surface area contributed by atoms with Gasteiger partial charge in [0.1, 0.15) is 11.7 Å². The number of rotatable bonds is 4. The lowest BCUT2D eigenvalue weighted by molar-refractivity contribution is -0.171. The van der Waals surface area contributed by atoms with Crippen molar-refractivity contribution >= 4 is 16.9 Å². The molecule has 3 saturated heterocycles. The average molecular weight is 432 g/mol. The summed E-state index contributed by atoms with van der Waals surface area (Å²) in [5.41, 5.74) is 2.84. The summed E-state index contributed by atoms with van der Waals surface area (Å²) in [6.07, 6.45) is 4.33. The first kappa shape index (κ1) is 19.4. The first-order chi connectivity index (χ1) is 15.6. The molecular weight excluding hydrogens is 408 g/mol. The van der Waals surface area contributed by atoms with Crippen molar-refractivity contribution in [2.45, 2.75) is 51.0 Å². The molecule has 7 rings (SSSR count). The first-order valence-electron chi connectivity index (χ1n) is 11.2. The molecule has 2 unspecified atom stereocenters. The van der Waals surface area contributed by atoms with Crippen LogP contribution in [0.15, 0.2) is 41.3 Å². The van der Waals surface area contributed by atoms with Crippen molar-refractivity contribution in [1.82, 2.24) is 19.7 Å². The minimum Gasteiger partial charge on any atom is -0.473 e. The van der Waals surface area contributed by atoms with Gasteiger partial charge >= 0.3 is 0 Å². The number of amides is 1. The molecule has 4 aliphatic rings. The molecule has 3 fully saturated rings. The fraction of sp³-hybridized carbons (Fsp3) is 0.417. The molecule has 8 nitrogen and oxygen atoms in total. The van der Waals surface area contributed by atoms with E-state index in [0.717, 1.165) is 19.3 Å². The van der Waals surface area contributed by atoms with Crippen molar-refractivity contribution < 1.29 is 14.3 Å². The van der Waals surface area contributed by atoms with Gasteiger partial charge in [0.2, 0.25) is 11.3 Å². The molecule has 0 spiro atoms. The number of ether oxygens (including phenoxy) is 2. The Hall–Kier alpha value is -3.26. The van der Waals surface area contributed by atoms with Crippen LogP contribution in [0.4, 0.5) is 0 Å². The molecule has 8 heteroatoms. The lowest BCUT2D eigenvalue weighted by Crippen LogP contribution is -2.59. The molecule has 5 heterocycles. The van der Waals surface area contributed by atoms with Gasteiger partial charge in [-0.15, -0.1) is 10.2 Å². The summed E-state index contributed by atoms with van der Waals surface area (Å²) in [5.74, 6) is 0.0647. The van der Waals surface area contributed by atoms with Crippen molar-refractivity contribution in [3.63, 3.8) is 0 Å². The lowest BCUT2D eigenvalue weighted by Gasteiger charge is -2.46. The quantitative estimate of drug-likeness (QED) is 0.627. The van der Waals surface area contributed by atoms with E-state index in [1.807, 2.05) is 19.1 Å². The highest BCUT2D eigenvalue weighted by atomic mass is 16.5. The monoisotopic (exact) mass is 432 g/mol. The van der Waals surface area contributed by atoms with Gasteiger partial charge < -0.3 is 18.9 Å². The molecule has 32 heavy (non-hydrogen) atoms. The second kappa shape index (κ2) is 7.41. The molecule has 2 aromatic heterocycles. The maximum Gasteiger partial charge on any atom is 0.259 e. The fourth-order valence-corrected chi connectivity index (χ4v) is 5.08. The Bertz CT molecular complexity index is 1250. The Balaban J connectivity index is 1.32. The van der Waals surface area contributed by atoms with Crippen LogP contribution in [0.2, 0.25) is 0 Å². The normalized spacial score (nSPS) is 22.0. The van der Waals surface area contributed by atoms with Gasteiger partial charge in [-0.2, -0.15) is 0 Å². The van der Waals surface area contributed by atoms with E-state index in [1.54, 1.807) is 21.7 Å². The van der Waals surface area contributed by atoms with E-state index < -0.39 is 0 Å². The van der Waals surface area contributed by atoms with Crippen LogP contribution >= 0.6 is 0 Å². The number of morpholine rings is 1. The summed E-state index contributed by atoms with van der Waals surface area (Å²) in [4.78, 5) is 28.2. The van der Waals surface area contributed by atoms with Crippen LogP contribution in [-0.2, 0) is 24.1 Å². The van der Waals surface area contributed by atoms with E-state index >= 15 is 0 Å². The van der Waals surface area contributed by atoms with Crippen LogP contribution in [0.5, 0.6) is 5.88 Å². The molecule has 3 aliphatic heterocycles. The minimum atomic E-state index is -0.329. The molecule has 0 saturated carbocycles. The number of carbonyl (C=O) groups is 1. The summed E-state index contributed by atoms with van der Waals surface area (Å²) < 4.78 is 13.5. The summed E-state index contributed by atoms with van der Waals surface area (Å²) >= 11 is 0. The molecule has 2 bridgehead atoms. The van der Waals surface area contributed by atoms with Crippen LogP contribution in [0, 0.1) is 0 Å². The van der Waals surface area contributed by atoms with Crippen molar-refractivity contribution in [1.29, 1.82) is 0 Å². The van der Waals surface area contributed by atoms with Gasteiger partial charge in [0.15, 0.2) is 5.65 Å². The molecule has 2 atom stereocenters. The number of aromatic nitrogens is 3. The number of hydrogen-bond acceptors (Lipinski definition) is 6. The van der Waals surface area contributed by atoms with Gasteiger partial charge in [-0.25, -0.2) is 0 Å². The molecule has 1 aromatic carbocycles. The third-order valence-electron chi connectivity index (χ3n) is 6.72. The number of piperidine rings is 1. The zero-order valence-corrected chi connectivity index (χ0v) is 17.9. The van der Waals surface area contributed by atoms with Gasteiger partial charge in [-0.1, -0.05) is 24.3 Å². The Kier molecular flexibility index (Phi) is 4.50. The molecule has 164 valence electrons. The number of nitrogens with zero attached hydrogens (tertiary/aromatic N) is 4. The highest BCUT2D eigenvalue weighted by Crippen LogP contribution is 2.29. The van der Waals surface area contributed by atoms with Crippen molar-refractivity contribution in [2.24, 2.45) is 0 Å². The second-order valence-corrected chi connectivity index (χ2v) is 8.82. The molecule has 1 amide bonds. The van der Waals surface area contributed by atoms with Crippen molar-refractivity contribution in [3.05, 3.63) is 63.4 Å². The smallest absolute Gasteiger partial charge is 0.259 e. The second-order valence-electron chi connectivity index (χ2n) is 8.82. The number of aryl methyl sites for hydroxylation is 1. The zero-order chi connectivity index (χ0) is 21.8. The van der Waals surface area contributed by atoms with E-state index in [0.29, 0.717) is 36.5 Å². The molecular formula is C24H24N4O4. The van der Waals surface area contributed by atoms with Gasteiger partial charge in [0.05, 0.1) is 17.6 Å². The van der Waals surface area contributed by atoms with Crippen molar-refractivity contribution in [3.8, 4) is 5.88 Å². The lowest BCUT2D eigenvalue weighted by atomic mass is 9.98. The van der Waals surface area contributed by atoms with E-state index in [2.05, 4.69) is 22.3 Å². The molecule has 0 N–H and O–H groups in total. The Morgan fingerprint density at radius 3 is 2.50 bits per heavy atom. The molecule has 0 radical (unpaired) electrons. The SMILES string of the molecule is CCn1cc(C(=O)N2CC3CC(C2)O3)c(=O)c2cc(OC3Cc4ccccc4C3)nnc21. The summed E-state index contributed by atoms with van der Waals surface area (Å²) in [7, 11) is 0. The van der Waals surface area contributed by atoms with Gasteiger partial charge in [0.25, 0.3) is 5.91 Å². The number of pyridine rings is 1. The topological polar surface area (TPSA) is 86.5 Å². The first-order valence-corrected chi connectivity index (χ1v) is 11.2. The number of fused-ring (bicyclic) bond motifs is 4. The third-order valence-corrected chi connectivity index (χ3v) is 6.72. The van der Waals surface area contributed by atoms with E-state index in [1.165, 1.54) is 11.1 Å². The van der Waals surface area contributed by atoms with Gasteiger partial charge in [0, 0.05) is 51.2 Å². The highest BCUT2D eigenvalue weighted by molar-refractivity contribution is 5.97. The van der Waals surface area contributed by atoms with Crippen molar-refractivity contribution in [2.75, 3.05) is 13.1 Å². The Labute approximate surface area is 184 Å². The predicted molar refractivity (Wildman–Crippen MR) is 117 cm³/mol. The van der Waals surface area contributed by atoms with E-state index in [9.17, 15) is 9.59 Å². The largest absolute Gasteiger partial charge is 0.473 e. The van der Waals surface area contributed by atoms with Crippen LogP contribution in [-0.4, -0.2) is 57.0 Å². The maximum absolute atomic E-state index is 13.3. The van der Waals surface area contributed by atoms with E-state index in [4.69, 9.17) is 9.47 Å². The number of carbonyl (C=O) groups excluding carboxylic acids is 1. The number of hydrogen-bond donors (Lipinski definition) is 0. The third kappa shape index (κ3) is 3.17. The standard InChI is InChI=1S/C24H24N4O4/c1-2-27-13-20(24(30)28-11-17-9-18(12-28)31-17)22(29)19-10-21(25-26-23(19)27)32-16-7-14-5-3-4-6-15(14)8-16/h3-6,10,13,16-18H,2,7-9,11-12H2,1H3. The Morgan fingerprint density at radius 1 is 1.16 bits per heavy atom. The number of benzene rings is 1. The van der Waals surface area contributed by atoms with Gasteiger partial charge in [-0.3, -0.25) is 9.59 Å². The zero-order valence-electron chi connectivity index (χ0n) is 17.9. The van der Waals surface area contributed by atoms with Gasteiger partial charge in [-0.05, 0) is 18.1 Å². The minimum absolute atomic E-state index is 0.0440. The summed E-state index contributed by atoms with van der Waals surface area (Å²) in [6.45, 7) is 3.58.